The highest BCUT2D eigenvalue weighted by molar-refractivity contribution is 6.09. The van der Waals surface area contributed by atoms with Gasteiger partial charge in [-0.05, 0) is 47.9 Å². The second kappa shape index (κ2) is 11.2. The first kappa shape index (κ1) is 23.8. The second-order valence-electron chi connectivity index (χ2n) is 8.07. The predicted molar refractivity (Wildman–Crippen MR) is 139 cm³/mol. The number of methoxy groups -OCH3 is 1. The Morgan fingerprint density at radius 1 is 0.886 bits per heavy atom. The second-order valence-corrected chi connectivity index (χ2v) is 8.07. The van der Waals surface area contributed by atoms with E-state index in [1.54, 1.807) is 19.3 Å². The van der Waals surface area contributed by atoms with Crippen molar-refractivity contribution in [3.63, 3.8) is 0 Å². The number of benzene rings is 4. The van der Waals surface area contributed by atoms with Crippen LogP contribution in [-0.4, -0.2) is 24.6 Å². The van der Waals surface area contributed by atoms with Gasteiger partial charge in [0.2, 0.25) is 0 Å². The first-order valence-electron chi connectivity index (χ1n) is 11.6. The molecule has 0 unspecified atom stereocenters. The van der Waals surface area contributed by atoms with Crippen molar-refractivity contribution >= 4 is 11.9 Å². The number of ketones is 1. The van der Waals surface area contributed by atoms with Crippen LogP contribution in [0.4, 0.5) is 0 Å². The Labute approximate surface area is 206 Å². The first-order valence-corrected chi connectivity index (χ1v) is 11.6. The molecule has 0 aliphatic heterocycles. The van der Waals surface area contributed by atoms with Gasteiger partial charge in [0.1, 0.15) is 17.2 Å². The third-order valence-corrected chi connectivity index (χ3v) is 5.81. The summed E-state index contributed by atoms with van der Waals surface area (Å²) >= 11 is 0. The van der Waals surface area contributed by atoms with Gasteiger partial charge in [-0.15, -0.1) is 0 Å². The lowest BCUT2D eigenvalue weighted by molar-refractivity contribution is 0.104. The fourth-order valence-electron chi connectivity index (χ4n) is 4.13. The minimum absolute atomic E-state index is 0.119. The van der Waals surface area contributed by atoms with Crippen molar-refractivity contribution in [2.24, 2.45) is 0 Å². The molecule has 4 aromatic carbocycles. The Bertz CT molecular complexity index is 1250. The fourth-order valence-corrected chi connectivity index (χ4v) is 4.13. The number of carbonyl (C=O) groups is 1. The highest BCUT2D eigenvalue weighted by Crippen LogP contribution is 2.40. The Hall–Kier alpha value is -4.31. The minimum Gasteiger partial charge on any atom is -0.507 e. The SMILES string of the molecule is CCOc1ccc(/C=C/C(=O)c2cc(C(c3ccccc3)c3ccccc3)c(OC)cc2O)cc1. The molecular weight excluding hydrogens is 436 g/mol. The molecule has 0 spiro atoms. The number of allylic oxidation sites excluding steroid dienone is 1. The van der Waals surface area contributed by atoms with Gasteiger partial charge in [-0.25, -0.2) is 0 Å². The number of aromatic hydroxyl groups is 1. The van der Waals surface area contributed by atoms with E-state index in [1.165, 1.54) is 12.1 Å². The van der Waals surface area contributed by atoms with E-state index in [9.17, 15) is 9.90 Å². The van der Waals surface area contributed by atoms with Crippen molar-refractivity contribution in [1.82, 2.24) is 0 Å². The molecule has 0 atom stereocenters. The standard InChI is InChI=1S/C31H28O4/c1-3-35-25-17-14-22(15-18-25)16-19-28(32)26-20-27(30(34-2)21-29(26)33)31(23-10-6-4-7-11-23)24-12-8-5-9-13-24/h4-21,31,33H,3H2,1-2H3/b19-16+. The summed E-state index contributed by atoms with van der Waals surface area (Å²) in [7, 11) is 1.57. The molecule has 0 heterocycles. The molecule has 1 N–H and O–H groups in total. The van der Waals surface area contributed by atoms with Crippen LogP contribution in [0.1, 0.15) is 45.5 Å². The van der Waals surface area contributed by atoms with E-state index in [0.717, 1.165) is 28.0 Å². The molecule has 0 aliphatic rings. The van der Waals surface area contributed by atoms with E-state index >= 15 is 0 Å². The quantitative estimate of drug-likeness (QED) is 0.167. The highest BCUT2D eigenvalue weighted by Gasteiger charge is 2.23. The normalized spacial score (nSPS) is 11.1. The highest BCUT2D eigenvalue weighted by atomic mass is 16.5. The van der Waals surface area contributed by atoms with E-state index in [-0.39, 0.29) is 23.0 Å². The molecule has 0 aromatic heterocycles. The Kier molecular flexibility index (Phi) is 7.63. The summed E-state index contributed by atoms with van der Waals surface area (Å²) in [5.74, 6) is 0.718. The Balaban J connectivity index is 1.73. The van der Waals surface area contributed by atoms with Crippen LogP contribution in [0.2, 0.25) is 0 Å². The van der Waals surface area contributed by atoms with Crippen LogP contribution in [0.5, 0.6) is 17.2 Å². The van der Waals surface area contributed by atoms with Crippen LogP contribution in [0.15, 0.2) is 103 Å². The molecule has 176 valence electrons. The van der Waals surface area contributed by atoms with E-state index in [1.807, 2.05) is 67.6 Å². The molecule has 0 radical (unpaired) electrons. The zero-order valence-electron chi connectivity index (χ0n) is 19.8. The maximum Gasteiger partial charge on any atom is 0.189 e. The number of phenols is 1. The van der Waals surface area contributed by atoms with Crippen LogP contribution in [0.3, 0.4) is 0 Å². The fraction of sp³-hybridized carbons (Fsp3) is 0.129. The molecule has 0 fully saturated rings. The van der Waals surface area contributed by atoms with Crippen LogP contribution in [0, 0.1) is 0 Å². The average molecular weight is 465 g/mol. The minimum atomic E-state index is -0.292. The van der Waals surface area contributed by atoms with Gasteiger partial charge < -0.3 is 14.6 Å². The third kappa shape index (κ3) is 5.61. The van der Waals surface area contributed by atoms with Gasteiger partial charge >= 0.3 is 0 Å². The predicted octanol–water partition coefficient (Wildman–Crippen LogP) is 6.88. The number of hydrogen-bond donors (Lipinski definition) is 1. The van der Waals surface area contributed by atoms with Crippen molar-refractivity contribution in [3.8, 4) is 17.2 Å². The van der Waals surface area contributed by atoms with Crippen molar-refractivity contribution in [2.45, 2.75) is 12.8 Å². The zero-order chi connectivity index (χ0) is 24.6. The summed E-state index contributed by atoms with van der Waals surface area (Å²) in [5, 5.41) is 10.7. The van der Waals surface area contributed by atoms with Gasteiger partial charge in [0, 0.05) is 17.5 Å². The molecule has 4 heteroatoms. The molecule has 0 saturated heterocycles. The summed E-state index contributed by atoms with van der Waals surface area (Å²) < 4.78 is 11.1. The number of carbonyl (C=O) groups excluding carboxylic acids is 1. The van der Waals surface area contributed by atoms with Gasteiger partial charge in [0.25, 0.3) is 0 Å². The number of rotatable bonds is 9. The topological polar surface area (TPSA) is 55.8 Å². The van der Waals surface area contributed by atoms with E-state index in [4.69, 9.17) is 9.47 Å². The monoisotopic (exact) mass is 464 g/mol. The van der Waals surface area contributed by atoms with Crippen molar-refractivity contribution < 1.29 is 19.4 Å². The maximum atomic E-state index is 13.1. The molecule has 0 amide bonds. The van der Waals surface area contributed by atoms with Gasteiger partial charge in [-0.2, -0.15) is 0 Å². The lowest BCUT2D eigenvalue weighted by Gasteiger charge is -2.22. The summed E-state index contributed by atoms with van der Waals surface area (Å²) in [5.41, 5.74) is 4.01. The van der Waals surface area contributed by atoms with Crippen molar-refractivity contribution in [1.29, 1.82) is 0 Å². The average Bonchev–Trinajstić information content (AvgIpc) is 2.90. The number of ether oxygens (including phenoxy) is 2. The van der Waals surface area contributed by atoms with Gasteiger partial charge in [-0.1, -0.05) is 78.9 Å². The molecular formula is C31H28O4. The number of phenolic OH excluding ortho intramolecular Hbond substituents is 1. The largest absolute Gasteiger partial charge is 0.507 e. The maximum absolute atomic E-state index is 13.1. The Morgan fingerprint density at radius 2 is 1.49 bits per heavy atom. The lowest BCUT2D eigenvalue weighted by atomic mass is 9.83. The van der Waals surface area contributed by atoms with Crippen LogP contribution in [0.25, 0.3) is 6.08 Å². The molecule has 0 saturated carbocycles. The van der Waals surface area contributed by atoms with Crippen molar-refractivity contribution in [3.05, 3.63) is 131 Å². The van der Waals surface area contributed by atoms with Crippen LogP contribution < -0.4 is 9.47 Å². The van der Waals surface area contributed by atoms with E-state index in [2.05, 4.69) is 24.3 Å². The summed E-state index contributed by atoms with van der Waals surface area (Å²) in [4.78, 5) is 13.1. The molecule has 4 nitrogen and oxygen atoms in total. The zero-order valence-corrected chi connectivity index (χ0v) is 19.8. The van der Waals surface area contributed by atoms with E-state index < -0.39 is 0 Å². The van der Waals surface area contributed by atoms with Crippen LogP contribution in [-0.2, 0) is 0 Å². The Morgan fingerprint density at radius 3 is 2.03 bits per heavy atom. The lowest BCUT2D eigenvalue weighted by Crippen LogP contribution is -2.08. The van der Waals surface area contributed by atoms with Gasteiger partial charge in [0.15, 0.2) is 5.78 Å². The molecule has 35 heavy (non-hydrogen) atoms. The summed E-state index contributed by atoms with van der Waals surface area (Å²) in [6.45, 7) is 2.53. The summed E-state index contributed by atoms with van der Waals surface area (Å²) in [6.07, 6.45) is 3.20. The van der Waals surface area contributed by atoms with Crippen LogP contribution >= 0.6 is 0 Å². The third-order valence-electron chi connectivity index (χ3n) is 5.81. The van der Waals surface area contributed by atoms with Gasteiger partial charge in [-0.3, -0.25) is 4.79 Å². The smallest absolute Gasteiger partial charge is 0.189 e. The first-order chi connectivity index (χ1) is 17.1. The molecule has 0 bridgehead atoms. The molecule has 0 aliphatic carbocycles. The molecule has 4 aromatic rings. The summed E-state index contributed by atoms with van der Waals surface area (Å²) in [6, 6.07) is 30.9. The van der Waals surface area contributed by atoms with E-state index in [0.29, 0.717) is 12.4 Å². The number of hydrogen-bond acceptors (Lipinski definition) is 4. The van der Waals surface area contributed by atoms with Gasteiger partial charge in [0.05, 0.1) is 19.3 Å². The van der Waals surface area contributed by atoms with Crippen molar-refractivity contribution in [2.75, 3.05) is 13.7 Å². The molecule has 4 rings (SSSR count).